The third-order valence-corrected chi connectivity index (χ3v) is 7.76. The van der Waals surface area contributed by atoms with Crippen LogP contribution in [0.1, 0.15) is 24.8 Å². The number of thioether (sulfide) groups is 1. The largest absolute Gasteiger partial charge is 0.431 e. The average Bonchev–Trinajstić information content (AvgIpc) is 3.17. The Hall–Kier alpha value is -2.36. The van der Waals surface area contributed by atoms with Crippen molar-refractivity contribution in [2.75, 3.05) is 24.2 Å². The maximum atomic E-state index is 12.9. The lowest BCUT2D eigenvalue weighted by Crippen LogP contribution is -2.35. The van der Waals surface area contributed by atoms with E-state index in [1.165, 1.54) is 16.1 Å². The second-order valence-electron chi connectivity index (χ2n) is 7.23. The van der Waals surface area contributed by atoms with Crippen LogP contribution in [0, 0.1) is 6.92 Å². The van der Waals surface area contributed by atoms with E-state index < -0.39 is 10.0 Å². The number of hydrogen-bond acceptors (Lipinski definition) is 6. The molecule has 3 aromatic rings. The van der Waals surface area contributed by atoms with Crippen LogP contribution < -0.4 is 5.32 Å². The number of aryl methyl sites for hydroxylation is 1. The zero-order valence-corrected chi connectivity index (χ0v) is 18.3. The van der Waals surface area contributed by atoms with Gasteiger partial charge in [0.2, 0.25) is 15.9 Å². The molecule has 0 saturated carbocycles. The second kappa shape index (κ2) is 8.79. The molecular weight excluding hydrogens is 422 g/mol. The van der Waals surface area contributed by atoms with E-state index in [-0.39, 0.29) is 16.6 Å². The van der Waals surface area contributed by atoms with E-state index in [4.69, 9.17) is 4.42 Å². The molecule has 158 valence electrons. The van der Waals surface area contributed by atoms with E-state index in [0.717, 1.165) is 30.3 Å². The normalized spacial score (nSPS) is 15.4. The number of para-hydroxylation sites is 2. The van der Waals surface area contributed by atoms with Crippen molar-refractivity contribution in [3.8, 4) is 0 Å². The lowest BCUT2D eigenvalue weighted by molar-refractivity contribution is -0.113. The number of amides is 1. The Labute approximate surface area is 179 Å². The van der Waals surface area contributed by atoms with Crippen molar-refractivity contribution in [1.82, 2.24) is 9.29 Å². The van der Waals surface area contributed by atoms with Crippen molar-refractivity contribution in [1.29, 1.82) is 0 Å². The Morgan fingerprint density at radius 1 is 1.17 bits per heavy atom. The van der Waals surface area contributed by atoms with Gasteiger partial charge in [-0.3, -0.25) is 4.79 Å². The van der Waals surface area contributed by atoms with Crippen molar-refractivity contribution >= 4 is 44.5 Å². The van der Waals surface area contributed by atoms with Gasteiger partial charge in [-0.25, -0.2) is 13.4 Å². The summed E-state index contributed by atoms with van der Waals surface area (Å²) in [5.74, 6) is -0.145. The van der Waals surface area contributed by atoms with Crippen molar-refractivity contribution < 1.29 is 17.6 Å². The molecule has 30 heavy (non-hydrogen) atoms. The maximum absolute atomic E-state index is 12.9. The zero-order valence-electron chi connectivity index (χ0n) is 16.6. The number of piperidine rings is 1. The molecular formula is C21H23N3O4S2. The average molecular weight is 446 g/mol. The van der Waals surface area contributed by atoms with Gasteiger partial charge >= 0.3 is 0 Å². The first-order valence-corrected chi connectivity index (χ1v) is 12.2. The molecule has 1 aliphatic rings. The number of nitrogens with one attached hydrogen (secondary N) is 1. The van der Waals surface area contributed by atoms with Crippen LogP contribution in [0.5, 0.6) is 0 Å². The Kier molecular flexibility index (Phi) is 6.12. The van der Waals surface area contributed by atoms with Gasteiger partial charge in [0.15, 0.2) is 5.58 Å². The summed E-state index contributed by atoms with van der Waals surface area (Å²) >= 11 is 1.20. The van der Waals surface area contributed by atoms with E-state index in [9.17, 15) is 13.2 Å². The number of anilines is 1. The molecule has 1 saturated heterocycles. The van der Waals surface area contributed by atoms with Crippen molar-refractivity contribution in [3.63, 3.8) is 0 Å². The van der Waals surface area contributed by atoms with E-state index in [1.807, 2.05) is 31.2 Å². The molecule has 7 nitrogen and oxygen atoms in total. The number of benzene rings is 2. The molecule has 0 unspecified atom stereocenters. The highest BCUT2D eigenvalue weighted by Crippen LogP contribution is 2.26. The number of fused-ring (bicyclic) bond motifs is 1. The number of carbonyl (C=O) groups excluding carboxylic acids is 1. The van der Waals surface area contributed by atoms with Gasteiger partial charge in [0.25, 0.3) is 5.22 Å². The fourth-order valence-corrected chi connectivity index (χ4v) is 5.56. The minimum atomic E-state index is -3.56. The van der Waals surface area contributed by atoms with Gasteiger partial charge in [-0.2, -0.15) is 4.31 Å². The topological polar surface area (TPSA) is 92.5 Å². The summed E-state index contributed by atoms with van der Waals surface area (Å²) in [6.45, 7) is 2.92. The van der Waals surface area contributed by atoms with Crippen LogP contribution in [0.3, 0.4) is 0 Å². The fraction of sp³-hybridized carbons (Fsp3) is 0.333. The Bertz CT molecular complexity index is 1130. The van der Waals surface area contributed by atoms with Crippen LogP contribution in [-0.4, -0.2) is 42.5 Å². The van der Waals surface area contributed by atoms with Gasteiger partial charge in [-0.15, -0.1) is 0 Å². The first-order valence-electron chi connectivity index (χ1n) is 9.82. The highest BCUT2D eigenvalue weighted by Gasteiger charge is 2.26. The number of nitrogens with zero attached hydrogens (tertiary/aromatic N) is 2. The predicted octanol–water partition coefficient (Wildman–Crippen LogP) is 4.04. The third-order valence-electron chi connectivity index (χ3n) is 5.04. The van der Waals surface area contributed by atoms with Crippen LogP contribution in [0.25, 0.3) is 11.1 Å². The summed E-state index contributed by atoms with van der Waals surface area (Å²) in [5.41, 5.74) is 2.71. The number of hydrogen-bond donors (Lipinski definition) is 1. The smallest absolute Gasteiger partial charge is 0.257 e. The molecule has 9 heteroatoms. The SMILES string of the molecule is Cc1ccc(S(=O)(=O)N2CCCCC2)cc1NC(=O)CSc1nc2ccccc2o1. The molecule has 1 amide bonds. The summed E-state index contributed by atoms with van der Waals surface area (Å²) in [5, 5.41) is 3.24. The van der Waals surface area contributed by atoms with Gasteiger partial charge in [-0.05, 0) is 49.6 Å². The molecule has 2 aromatic carbocycles. The van der Waals surface area contributed by atoms with Crippen LogP contribution >= 0.6 is 11.8 Å². The summed E-state index contributed by atoms with van der Waals surface area (Å²) < 4.78 is 33.0. The van der Waals surface area contributed by atoms with Crippen LogP contribution in [0.4, 0.5) is 5.69 Å². The summed E-state index contributed by atoms with van der Waals surface area (Å²) in [4.78, 5) is 17.0. The molecule has 0 atom stereocenters. The monoisotopic (exact) mass is 445 g/mol. The molecule has 4 rings (SSSR count). The lowest BCUT2D eigenvalue weighted by atomic mass is 10.2. The number of oxazole rings is 1. The van der Waals surface area contributed by atoms with E-state index >= 15 is 0 Å². The molecule has 0 radical (unpaired) electrons. The Balaban J connectivity index is 1.44. The van der Waals surface area contributed by atoms with Crippen LogP contribution in [-0.2, 0) is 14.8 Å². The van der Waals surface area contributed by atoms with E-state index in [0.29, 0.717) is 29.6 Å². The highest BCUT2D eigenvalue weighted by atomic mass is 32.2. The predicted molar refractivity (Wildman–Crippen MR) is 117 cm³/mol. The van der Waals surface area contributed by atoms with Gasteiger partial charge in [0.1, 0.15) is 5.52 Å². The van der Waals surface area contributed by atoms with Gasteiger partial charge in [0, 0.05) is 18.8 Å². The van der Waals surface area contributed by atoms with Crippen molar-refractivity contribution in [2.24, 2.45) is 0 Å². The van der Waals surface area contributed by atoms with Crippen molar-refractivity contribution in [2.45, 2.75) is 36.3 Å². The molecule has 1 fully saturated rings. The molecule has 1 aromatic heterocycles. The van der Waals surface area contributed by atoms with Gasteiger partial charge in [-0.1, -0.05) is 36.4 Å². The number of carbonyl (C=O) groups is 1. The Morgan fingerprint density at radius 3 is 2.70 bits per heavy atom. The highest BCUT2D eigenvalue weighted by molar-refractivity contribution is 7.99. The zero-order chi connectivity index (χ0) is 21.1. The third kappa shape index (κ3) is 4.53. The van der Waals surface area contributed by atoms with Crippen LogP contribution in [0.2, 0.25) is 0 Å². The number of sulfonamides is 1. The maximum Gasteiger partial charge on any atom is 0.257 e. The van der Waals surface area contributed by atoms with Gasteiger partial charge < -0.3 is 9.73 Å². The second-order valence-corrected chi connectivity index (χ2v) is 10.1. The van der Waals surface area contributed by atoms with E-state index in [1.54, 1.807) is 18.2 Å². The Morgan fingerprint density at radius 2 is 1.93 bits per heavy atom. The van der Waals surface area contributed by atoms with Gasteiger partial charge in [0.05, 0.1) is 10.6 Å². The first kappa shape index (κ1) is 20.9. The van der Waals surface area contributed by atoms with Crippen LogP contribution in [0.15, 0.2) is 57.0 Å². The molecule has 1 aliphatic heterocycles. The summed E-state index contributed by atoms with van der Waals surface area (Å²) in [6, 6.07) is 12.3. The fourth-order valence-electron chi connectivity index (χ4n) is 3.38. The standard InChI is InChI=1S/C21H23N3O4S2/c1-15-9-10-16(30(26,27)24-11-5-2-6-12-24)13-18(15)22-20(25)14-29-21-23-17-7-3-4-8-19(17)28-21/h3-4,7-10,13H,2,5-6,11-12,14H2,1H3,(H,22,25). The molecule has 1 N–H and O–H groups in total. The molecule has 0 bridgehead atoms. The van der Waals surface area contributed by atoms with Crippen molar-refractivity contribution in [3.05, 3.63) is 48.0 Å². The summed E-state index contributed by atoms with van der Waals surface area (Å²) in [7, 11) is -3.56. The van der Waals surface area contributed by atoms with E-state index in [2.05, 4.69) is 10.3 Å². The lowest BCUT2D eigenvalue weighted by Gasteiger charge is -2.26. The molecule has 2 heterocycles. The molecule has 0 spiro atoms. The first-order chi connectivity index (χ1) is 14.4. The minimum Gasteiger partial charge on any atom is -0.431 e. The number of aromatic nitrogens is 1. The molecule has 0 aliphatic carbocycles. The summed E-state index contributed by atoms with van der Waals surface area (Å²) in [6.07, 6.45) is 2.81. The number of rotatable bonds is 6. The quantitative estimate of drug-likeness (QED) is 0.576. The minimum absolute atomic E-state index is 0.107.